The Kier molecular flexibility index (Phi) is 6.04. The van der Waals surface area contributed by atoms with Gasteiger partial charge in [0.1, 0.15) is 11.9 Å². The fourth-order valence-corrected chi connectivity index (χ4v) is 4.20. The van der Waals surface area contributed by atoms with E-state index in [0.717, 1.165) is 13.1 Å². The molecule has 3 rings (SSSR count). The van der Waals surface area contributed by atoms with Crippen LogP contribution in [0.15, 0.2) is 18.2 Å². The van der Waals surface area contributed by atoms with Gasteiger partial charge in [0.15, 0.2) is 0 Å². The van der Waals surface area contributed by atoms with E-state index in [-0.39, 0.29) is 5.56 Å². The maximum Gasteiger partial charge on any atom is 0.325 e. The van der Waals surface area contributed by atoms with E-state index in [2.05, 4.69) is 4.90 Å². The molecule has 0 radical (unpaired) electrons. The lowest BCUT2D eigenvalue weighted by molar-refractivity contribution is -0.144. The second-order valence-corrected chi connectivity index (χ2v) is 7.11. The Morgan fingerprint density at radius 1 is 1.16 bits per heavy atom. The minimum absolute atomic E-state index is 0.143. The summed E-state index contributed by atoms with van der Waals surface area (Å²) >= 11 is 0. The maximum absolute atomic E-state index is 13.6. The van der Waals surface area contributed by atoms with Crippen LogP contribution >= 0.6 is 0 Å². The molecule has 1 saturated heterocycles. The number of halogens is 1. The number of nitrogens with zero attached hydrogens (tertiary/aromatic N) is 2. The smallest absolute Gasteiger partial charge is 0.325 e. The highest BCUT2D eigenvalue weighted by atomic mass is 19.1. The number of hydrogen-bond acceptors (Lipinski definition) is 4. The third-order valence-corrected chi connectivity index (χ3v) is 5.59. The molecule has 1 aliphatic heterocycles. The van der Waals surface area contributed by atoms with Gasteiger partial charge in [-0.15, -0.1) is 0 Å². The van der Waals surface area contributed by atoms with Crippen LogP contribution in [-0.2, 0) is 11.4 Å². The number of aliphatic hydroxyl groups excluding tert-OH is 1. The van der Waals surface area contributed by atoms with Crippen molar-refractivity contribution in [1.82, 2.24) is 9.80 Å². The largest absolute Gasteiger partial charge is 0.480 e. The molecule has 1 saturated carbocycles. The number of carboxylic acids is 1. The quantitative estimate of drug-likeness (QED) is 0.854. The first-order chi connectivity index (χ1) is 12.1. The van der Waals surface area contributed by atoms with Gasteiger partial charge in [-0.05, 0) is 30.5 Å². The molecule has 1 atom stereocenters. The van der Waals surface area contributed by atoms with E-state index in [4.69, 9.17) is 0 Å². The van der Waals surface area contributed by atoms with Crippen molar-refractivity contribution in [2.75, 3.05) is 26.2 Å². The highest BCUT2D eigenvalue weighted by Gasteiger charge is 2.32. The predicted molar refractivity (Wildman–Crippen MR) is 92.7 cm³/mol. The lowest BCUT2D eigenvalue weighted by Crippen LogP contribution is -2.52. The minimum atomic E-state index is -0.929. The maximum atomic E-state index is 13.6. The van der Waals surface area contributed by atoms with Crippen LogP contribution in [0.4, 0.5) is 4.39 Å². The number of aliphatic carboxylic acids is 1. The van der Waals surface area contributed by atoms with Crippen LogP contribution in [-0.4, -0.2) is 58.2 Å². The lowest BCUT2D eigenvalue weighted by atomic mass is 9.93. The number of piperazine rings is 1. The average molecular weight is 350 g/mol. The molecule has 2 fully saturated rings. The van der Waals surface area contributed by atoms with Crippen LogP contribution in [0.3, 0.4) is 0 Å². The second kappa shape index (κ2) is 8.25. The summed E-state index contributed by atoms with van der Waals surface area (Å²) in [6.07, 6.45) is 6.42. The summed E-state index contributed by atoms with van der Waals surface area (Å²) in [7, 11) is 0. The summed E-state index contributed by atoms with van der Waals surface area (Å²) in [4.78, 5) is 16.3. The lowest BCUT2D eigenvalue weighted by Gasteiger charge is -2.42. The van der Waals surface area contributed by atoms with Crippen LogP contribution in [0.25, 0.3) is 0 Å². The van der Waals surface area contributed by atoms with Gasteiger partial charge in [0.05, 0.1) is 6.61 Å². The Labute approximate surface area is 148 Å². The number of hydrogen-bond donors (Lipinski definition) is 2. The van der Waals surface area contributed by atoms with Gasteiger partial charge in [-0.3, -0.25) is 14.6 Å². The van der Waals surface area contributed by atoms with Gasteiger partial charge < -0.3 is 10.2 Å². The van der Waals surface area contributed by atoms with E-state index >= 15 is 0 Å². The van der Waals surface area contributed by atoms with E-state index in [0.29, 0.717) is 24.7 Å². The monoisotopic (exact) mass is 350 g/mol. The Bertz CT molecular complexity index is 596. The van der Waals surface area contributed by atoms with Gasteiger partial charge in [-0.1, -0.05) is 25.3 Å². The van der Waals surface area contributed by atoms with E-state index in [9.17, 15) is 19.4 Å². The van der Waals surface area contributed by atoms with Gasteiger partial charge in [0, 0.05) is 37.8 Å². The van der Waals surface area contributed by atoms with Crippen LogP contribution in [0.2, 0.25) is 0 Å². The van der Waals surface area contributed by atoms with E-state index in [1.54, 1.807) is 0 Å². The molecule has 1 aromatic carbocycles. The average Bonchev–Trinajstić information content (AvgIpc) is 2.64. The van der Waals surface area contributed by atoms with Crippen LogP contribution in [0.5, 0.6) is 0 Å². The zero-order valence-corrected chi connectivity index (χ0v) is 14.5. The summed E-state index contributed by atoms with van der Waals surface area (Å²) in [5.41, 5.74) is 0.675. The normalized spacial score (nSPS) is 22.0. The number of rotatable bonds is 5. The van der Waals surface area contributed by atoms with Gasteiger partial charge in [-0.2, -0.15) is 0 Å². The Morgan fingerprint density at radius 3 is 2.44 bits per heavy atom. The first-order valence-electron chi connectivity index (χ1n) is 9.20. The highest BCUT2D eigenvalue weighted by molar-refractivity contribution is 5.75. The molecule has 1 aromatic rings. The standard InChI is InChI=1S/C19H27FN2O3/c20-17-7-6-14(12-15(17)13-23)18(19(24)25)22-10-8-21(9-11-22)16-4-2-1-3-5-16/h6-7,12,16,18,23H,1-5,8-11,13H2,(H,24,25)/t18-/m0/s1. The number of carbonyl (C=O) groups is 1. The molecule has 2 N–H and O–H groups in total. The van der Waals surface area contributed by atoms with Gasteiger partial charge in [0.25, 0.3) is 0 Å². The first-order valence-corrected chi connectivity index (χ1v) is 9.20. The summed E-state index contributed by atoms with van der Waals surface area (Å²) in [6.45, 7) is 2.71. The Morgan fingerprint density at radius 2 is 1.84 bits per heavy atom. The van der Waals surface area contributed by atoms with Gasteiger partial charge >= 0.3 is 5.97 Å². The molecular weight excluding hydrogens is 323 g/mol. The molecule has 1 heterocycles. The van der Waals surface area contributed by atoms with Crippen molar-refractivity contribution >= 4 is 5.97 Å². The SMILES string of the molecule is O=C(O)[C@H](c1ccc(F)c(CO)c1)N1CCN(C2CCCCC2)CC1. The Balaban J connectivity index is 1.69. The van der Waals surface area contributed by atoms with Crippen molar-refractivity contribution in [3.63, 3.8) is 0 Å². The number of benzene rings is 1. The van der Waals surface area contributed by atoms with Crippen LogP contribution < -0.4 is 0 Å². The topological polar surface area (TPSA) is 64.0 Å². The molecule has 0 aromatic heterocycles. The summed E-state index contributed by atoms with van der Waals surface area (Å²) < 4.78 is 13.6. The molecule has 0 unspecified atom stereocenters. The summed E-state index contributed by atoms with van der Waals surface area (Å²) in [5, 5.41) is 19.0. The first kappa shape index (κ1) is 18.3. The van der Waals surface area contributed by atoms with E-state index in [1.807, 2.05) is 4.90 Å². The van der Waals surface area contributed by atoms with Crippen molar-refractivity contribution in [2.24, 2.45) is 0 Å². The molecule has 6 heteroatoms. The molecule has 0 spiro atoms. The zero-order chi connectivity index (χ0) is 17.8. The molecular formula is C19H27FN2O3. The molecule has 1 aliphatic carbocycles. The molecule has 2 aliphatic rings. The van der Waals surface area contributed by atoms with E-state index < -0.39 is 24.4 Å². The number of carboxylic acid groups (broad SMARTS) is 1. The van der Waals surface area contributed by atoms with Gasteiger partial charge in [-0.25, -0.2) is 4.39 Å². The summed E-state index contributed by atoms with van der Waals surface area (Å²) in [5.74, 6) is -1.43. The Hall–Kier alpha value is -1.50. The van der Waals surface area contributed by atoms with Crippen molar-refractivity contribution in [3.05, 3.63) is 35.1 Å². The third-order valence-electron chi connectivity index (χ3n) is 5.59. The number of aliphatic hydroxyl groups is 1. The molecule has 0 amide bonds. The zero-order valence-electron chi connectivity index (χ0n) is 14.5. The third kappa shape index (κ3) is 4.19. The van der Waals surface area contributed by atoms with Crippen molar-refractivity contribution < 1.29 is 19.4 Å². The molecule has 138 valence electrons. The highest BCUT2D eigenvalue weighted by Crippen LogP contribution is 2.28. The fourth-order valence-electron chi connectivity index (χ4n) is 4.20. The van der Waals surface area contributed by atoms with Crippen LogP contribution in [0.1, 0.15) is 49.3 Å². The molecule has 0 bridgehead atoms. The fraction of sp³-hybridized carbons (Fsp3) is 0.632. The molecule has 5 nitrogen and oxygen atoms in total. The van der Waals surface area contributed by atoms with Gasteiger partial charge in [0.2, 0.25) is 0 Å². The second-order valence-electron chi connectivity index (χ2n) is 7.11. The minimum Gasteiger partial charge on any atom is -0.480 e. The molecule has 25 heavy (non-hydrogen) atoms. The predicted octanol–water partition coefficient (Wildman–Crippen LogP) is 2.39. The van der Waals surface area contributed by atoms with Crippen molar-refractivity contribution in [3.8, 4) is 0 Å². The van der Waals surface area contributed by atoms with Crippen LogP contribution in [0, 0.1) is 5.82 Å². The van der Waals surface area contributed by atoms with Crippen molar-refractivity contribution in [2.45, 2.75) is 50.8 Å². The van der Waals surface area contributed by atoms with E-state index in [1.165, 1.54) is 50.3 Å². The summed E-state index contributed by atoms with van der Waals surface area (Å²) in [6, 6.07) is 4.09. The van der Waals surface area contributed by atoms with Crippen molar-refractivity contribution in [1.29, 1.82) is 0 Å².